The normalized spacial score (nSPS) is 12.0. The van der Waals surface area contributed by atoms with Crippen molar-refractivity contribution in [1.29, 1.82) is 0 Å². The van der Waals surface area contributed by atoms with Crippen molar-refractivity contribution in [3.63, 3.8) is 0 Å². The second kappa shape index (κ2) is 9.32. The van der Waals surface area contributed by atoms with E-state index in [2.05, 4.69) is 10.3 Å². The van der Waals surface area contributed by atoms with E-state index >= 15 is 0 Å². The number of carbonyl (C=O) groups excluding carboxylic acids is 2. The Labute approximate surface area is 171 Å². The fourth-order valence-electron chi connectivity index (χ4n) is 3.32. The summed E-state index contributed by atoms with van der Waals surface area (Å²) in [5.74, 6) is -0.287. The van der Waals surface area contributed by atoms with Gasteiger partial charge in [-0.3, -0.25) is 14.6 Å². The van der Waals surface area contributed by atoms with E-state index in [0.717, 1.165) is 22.0 Å². The van der Waals surface area contributed by atoms with Crippen molar-refractivity contribution in [3.05, 3.63) is 78.1 Å². The largest absolute Gasteiger partial charge is 0.344 e. The summed E-state index contributed by atoms with van der Waals surface area (Å²) in [6, 6.07) is 19.1. The molecule has 2 aromatic carbocycles. The Morgan fingerprint density at radius 3 is 2.41 bits per heavy atom. The van der Waals surface area contributed by atoms with Gasteiger partial charge >= 0.3 is 0 Å². The molecule has 0 saturated heterocycles. The van der Waals surface area contributed by atoms with Crippen LogP contribution in [0.25, 0.3) is 10.8 Å². The van der Waals surface area contributed by atoms with Crippen LogP contribution < -0.4 is 5.32 Å². The maximum absolute atomic E-state index is 12.9. The van der Waals surface area contributed by atoms with Crippen molar-refractivity contribution in [2.24, 2.45) is 5.92 Å². The summed E-state index contributed by atoms with van der Waals surface area (Å²) in [5, 5.41) is 5.17. The van der Waals surface area contributed by atoms with Crippen molar-refractivity contribution in [3.8, 4) is 0 Å². The molecule has 1 aromatic heterocycles. The number of fused-ring (bicyclic) bond motifs is 1. The summed E-state index contributed by atoms with van der Waals surface area (Å²) in [5.41, 5.74) is 1.74. The molecular formula is C24H27N3O2. The van der Waals surface area contributed by atoms with Gasteiger partial charge in [-0.05, 0) is 34.4 Å². The lowest BCUT2D eigenvalue weighted by Crippen LogP contribution is -2.50. The molecule has 0 bridgehead atoms. The standard InChI is InChI=1S/C24H27N3O2/c1-17(2)23(24(29)27(3)16-21-10-6-7-13-25-21)26-22(28)15-18-11-12-19-8-4-5-9-20(19)14-18/h4-14,17,23H,15-16H2,1-3H3,(H,26,28). The van der Waals surface area contributed by atoms with Crippen LogP contribution in [0, 0.1) is 5.92 Å². The summed E-state index contributed by atoms with van der Waals surface area (Å²) in [6.07, 6.45) is 1.95. The maximum Gasteiger partial charge on any atom is 0.245 e. The van der Waals surface area contributed by atoms with Gasteiger partial charge in [-0.1, -0.05) is 62.4 Å². The smallest absolute Gasteiger partial charge is 0.245 e. The minimum Gasteiger partial charge on any atom is -0.344 e. The molecule has 5 heteroatoms. The predicted molar refractivity (Wildman–Crippen MR) is 115 cm³/mol. The Balaban J connectivity index is 1.65. The van der Waals surface area contributed by atoms with Gasteiger partial charge in [0.05, 0.1) is 18.7 Å². The first-order chi connectivity index (χ1) is 13.9. The van der Waals surface area contributed by atoms with Gasteiger partial charge in [0.15, 0.2) is 0 Å². The second-order valence-electron chi connectivity index (χ2n) is 7.66. The van der Waals surface area contributed by atoms with E-state index in [9.17, 15) is 9.59 Å². The number of nitrogens with zero attached hydrogens (tertiary/aromatic N) is 2. The van der Waals surface area contributed by atoms with Crippen molar-refractivity contribution in [2.45, 2.75) is 32.9 Å². The number of hydrogen-bond acceptors (Lipinski definition) is 3. The molecule has 0 saturated carbocycles. The van der Waals surface area contributed by atoms with E-state index in [-0.39, 0.29) is 24.2 Å². The average Bonchev–Trinajstić information content (AvgIpc) is 2.72. The van der Waals surface area contributed by atoms with Gasteiger partial charge in [0, 0.05) is 13.2 Å². The molecule has 150 valence electrons. The number of nitrogens with one attached hydrogen (secondary N) is 1. The number of hydrogen-bond donors (Lipinski definition) is 1. The molecule has 0 aliphatic rings. The van der Waals surface area contributed by atoms with Crippen LogP contribution in [0.1, 0.15) is 25.1 Å². The topological polar surface area (TPSA) is 62.3 Å². The van der Waals surface area contributed by atoms with Gasteiger partial charge in [-0.25, -0.2) is 0 Å². The van der Waals surface area contributed by atoms with Crippen molar-refractivity contribution in [2.75, 3.05) is 7.05 Å². The Morgan fingerprint density at radius 2 is 1.72 bits per heavy atom. The molecule has 1 heterocycles. The molecule has 0 aliphatic carbocycles. The molecule has 1 unspecified atom stereocenters. The zero-order chi connectivity index (χ0) is 20.8. The molecule has 1 atom stereocenters. The summed E-state index contributed by atoms with van der Waals surface area (Å²) in [4.78, 5) is 31.5. The Bertz CT molecular complexity index is 986. The SMILES string of the molecule is CC(C)C(NC(=O)Cc1ccc2ccccc2c1)C(=O)N(C)Cc1ccccn1. The molecule has 0 fully saturated rings. The first-order valence-corrected chi connectivity index (χ1v) is 9.86. The number of carbonyl (C=O) groups is 2. The molecule has 1 N–H and O–H groups in total. The Morgan fingerprint density at radius 1 is 1.00 bits per heavy atom. The number of pyridine rings is 1. The van der Waals surface area contributed by atoms with Gasteiger partial charge in [0.25, 0.3) is 0 Å². The second-order valence-corrected chi connectivity index (χ2v) is 7.66. The molecule has 5 nitrogen and oxygen atoms in total. The van der Waals surface area contributed by atoms with Crippen molar-refractivity contribution in [1.82, 2.24) is 15.2 Å². The van der Waals surface area contributed by atoms with Crippen LogP contribution in [0.3, 0.4) is 0 Å². The van der Waals surface area contributed by atoms with Gasteiger partial charge in [0.2, 0.25) is 11.8 Å². The molecule has 3 rings (SSSR count). The van der Waals surface area contributed by atoms with Crippen LogP contribution in [0.4, 0.5) is 0 Å². The third kappa shape index (κ3) is 5.41. The van der Waals surface area contributed by atoms with Crippen LogP contribution in [0.2, 0.25) is 0 Å². The number of rotatable bonds is 7. The first-order valence-electron chi connectivity index (χ1n) is 9.86. The third-order valence-corrected chi connectivity index (χ3v) is 4.93. The minimum atomic E-state index is -0.573. The van der Waals surface area contributed by atoms with Gasteiger partial charge in [-0.2, -0.15) is 0 Å². The molecule has 0 aliphatic heterocycles. The average molecular weight is 389 g/mol. The lowest BCUT2D eigenvalue weighted by Gasteiger charge is -2.27. The number of likely N-dealkylation sites (N-methyl/N-ethyl adjacent to an activating group) is 1. The quantitative estimate of drug-likeness (QED) is 0.672. The highest BCUT2D eigenvalue weighted by Crippen LogP contribution is 2.16. The van der Waals surface area contributed by atoms with Crippen LogP contribution >= 0.6 is 0 Å². The predicted octanol–water partition coefficient (Wildman–Crippen LogP) is 3.58. The molecule has 29 heavy (non-hydrogen) atoms. The van der Waals surface area contributed by atoms with Gasteiger partial charge in [0.1, 0.15) is 6.04 Å². The molecule has 2 amide bonds. The maximum atomic E-state index is 12.9. The van der Waals surface area contributed by atoms with Crippen LogP contribution in [-0.2, 0) is 22.6 Å². The molecule has 0 spiro atoms. The number of amides is 2. The monoisotopic (exact) mass is 389 g/mol. The van der Waals surface area contributed by atoms with Crippen LogP contribution in [-0.4, -0.2) is 34.8 Å². The summed E-state index contributed by atoms with van der Waals surface area (Å²) >= 11 is 0. The summed E-state index contributed by atoms with van der Waals surface area (Å²) < 4.78 is 0. The van der Waals surface area contributed by atoms with Crippen LogP contribution in [0.15, 0.2) is 66.9 Å². The molecule has 0 radical (unpaired) electrons. The zero-order valence-corrected chi connectivity index (χ0v) is 17.1. The number of aromatic nitrogens is 1. The van der Waals surface area contributed by atoms with E-state index in [1.54, 1.807) is 18.1 Å². The fourth-order valence-corrected chi connectivity index (χ4v) is 3.32. The van der Waals surface area contributed by atoms with Crippen molar-refractivity contribution >= 4 is 22.6 Å². The van der Waals surface area contributed by atoms with Gasteiger partial charge < -0.3 is 10.2 Å². The van der Waals surface area contributed by atoms with E-state index < -0.39 is 6.04 Å². The number of benzene rings is 2. The Hall–Kier alpha value is -3.21. The van der Waals surface area contributed by atoms with Crippen molar-refractivity contribution < 1.29 is 9.59 Å². The highest BCUT2D eigenvalue weighted by atomic mass is 16.2. The third-order valence-electron chi connectivity index (χ3n) is 4.93. The highest BCUT2D eigenvalue weighted by molar-refractivity contribution is 5.89. The lowest BCUT2D eigenvalue weighted by molar-refractivity contribution is -0.137. The Kier molecular flexibility index (Phi) is 6.60. The van der Waals surface area contributed by atoms with E-state index in [4.69, 9.17) is 0 Å². The zero-order valence-electron chi connectivity index (χ0n) is 17.1. The first kappa shape index (κ1) is 20.5. The minimum absolute atomic E-state index is 0.0192. The molecule has 3 aromatic rings. The van der Waals surface area contributed by atoms with E-state index in [1.807, 2.05) is 74.5 Å². The van der Waals surface area contributed by atoms with Crippen LogP contribution in [0.5, 0.6) is 0 Å². The fraction of sp³-hybridized carbons (Fsp3) is 0.292. The van der Waals surface area contributed by atoms with E-state index in [1.165, 1.54) is 0 Å². The lowest BCUT2D eigenvalue weighted by atomic mass is 10.0. The van der Waals surface area contributed by atoms with Gasteiger partial charge in [-0.15, -0.1) is 0 Å². The molecular weight excluding hydrogens is 362 g/mol. The highest BCUT2D eigenvalue weighted by Gasteiger charge is 2.27. The summed E-state index contributed by atoms with van der Waals surface area (Å²) in [6.45, 7) is 4.28. The summed E-state index contributed by atoms with van der Waals surface area (Å²) in [7, 11) is 1.74. The van der Waals surface area contributed by atoms with E-state index in [0.29, 0.717) is 6.54 Å².